The third kappa shape index (κ3) is 5.68. The summed E-state index contributed by atoms with van der Waals surface area (Å²) in [7, 11) is 0. The van der Waals surface area contributed by atoms with Gasteiger partial charge in [-0.1, -0.05) is 72.8 Å². The lowest BCUT2D eigenvalue weighted by molar-refractivity contribution is -0.385. The fourth-order valence-electron chi connectivity index (χ4n) is 6.84. The van der Waals surface area contributed by atoms with E-state index in [1.807, 2.05) is 24.3 Å². The zero-order valence-corrected chi connectivity index (χ0v) is 26.0. The summed E-state index contributed by atoms with van der Waals surface area (Å²) >= 11 is 0. The predicted molar refractivity (Wildman–Crippen MR) is 178 cm³/mol. The van der Waals surface area contributed by atoms with Gasteiger partial charge >= 0.3 is 12.4 Å². The molecule has 254 valence electrons. The fraction of sp³-hybridized carbons (Fsp3) is 0.0769. The summed E-state index contributed by atoms with van der Waals surface area (Å²) in [6.45, 7) is 0. The summed E-state index contributed by atoms with van der Waals surface area (Å²) in [5.74, 6) is 0. The van der Waals surface area contributed by atoms with Crippen molar-refractivity contribution in [3.8, 4) is 33.4 Å². The quantitative estimate of drug-likeness (QED) is 0.0984. The number of alkyl halides is 6. The van der Waals surface area contributed by atoms with Crippen molar-refractivity contribution in [1.29, 1.82) is 0 Å². The van der Waals surface area contributed by atoms with Gasteiger partial charge in [0.25, 0.3) is 11.4 Å². The van der Waals surface area contributed by atoms with Crippen LogP contribution in [-0.4, -0.2) is 9.85 Å². The van der Waals surface area contributed by atoms with Crippen molar-refractivity contribution < 1.29 is 36.2 Å². The molecule has 0 radical (unpaired) electrons. The van der Waals surface area contributed by atoms with Crippen LogP contribution in [0.25, 0.3) is 33.4 Å². The maximum atomic E-state index is 13.4. The number of benzene rings is 6. The summed E-state index contributed by atoms with van der Waals surface area (Å²) in [5, 5.41) is 23.3. The van der Waals surface area contributed by atoms with Crippen molar-refractivity contribution in [2.24, 2.45) is 0 Å². The van der Waals surface area contributed by atoms with Gasteiger partial charge in [-0.3, -0.25) is 20.2 Å². The highest BCUT2D eigenvalue weighted by molar-refractivity contribution is 5.90. The first-order chi connectivity index (χ1) is 24.2. The number of rotatable bonds is 6. The van der Waals surface area contributed by atoms with Crippen LogP contribution in [0.5, 0.6) is 0 Å². The van der Waals surface area contributed by atoms with E-state index in [0.717, 1.165) is 35.4 Å². The molecule has 0 saturated heterocycles. The average molecular weight is 697 g/mol. The Kier molecular flexibility index (Phi) is 7.77. The Bertz CT molecular complexity index is 2150. The second kappa shape index (κ2) is 11.9. The number of halogens is 6. The minimum atomic E-state index is -4.54. The van der Waals surface area contributed by atoms with Crippen LogP contribution in [0.3, 0.4) is 0 Å². The third-order valence-electron chi connectivity index (χ3n) is 9.25. The summed E-state index contributed by atoms with van der Waals surface area (Å²) in [6, 6.07) is 31.8. The van der Waals surface area contributed by atoms with Gasteiger partial charge in [0.05, 0.1) is 26.4 Å². The van der Waals surface area contributed by atoms with Crippen LogP contribution in [0.4, 0.5) is 37.7 Å². The van der Waals surface area contributed by atoms with Crippen molar-refractivity contribution in [1.82, 2.24) is 0 Å². The zero-order valence-electron chi connectivity index (χ0n) is 26.0. The van der Waals surface area contributed by atoms with Crippen LogP contribution in [0.1, 0.15) is 33.4 Å². The van der Waals surface area contributed by atoms with Crippen molar-refractivity contribution >= 4 is 11.4 Å². The lowest BCUT2D eigenvalue weighted by Gasteiger charge is -2.34. The number of non-ortho nitro benzene ring substituents is 2. The van der Waals surface area contributed by atoms with E-state index in [1.54, 1.807) is 36.4 Å². The first kappa shape index (κ1) is 33.2. The molecule has 6 nitrogen and oxygen atoms in total. The molecule has 7 rings (SSSR count). The number of nitro groups is 2. The first-order valence-corrected chi connectivity index (χ1v) is 15.3. The summed E-state index contributed by atoms with van der Waals surface area (Å²) in [4.78, 5) is 22.2. The molecule has 51 heavy (non-hydrogen) atoms. The molecular formula is C39H22F6N2O4. The Morgan fingerprint density at radius 3 is 1.04 bits per heavy atom. The molecule has 0 fully saturated rings. The predicted octanol–water partition coefficient (Wildman–Crippen LogP) is 11.2. The van der Waals surface area contributed by atoms with E-state index in [9.17, 15) is 46.6 Å². The molecule has 0 amide bonds. The largest absolute Gasteiger partial charge is 0.416 e. The van der Waals surface area contributed by atoms with Crippen LogP contribution in [0.15, 0.2) is 133 Å². The van der Waals surface area contributed by atoms with Gasteiger partial charge in [0, 0.05) is 24.3 Å². The molecule has 0 aliphatic heterocycles. The molecule has 0 bridgehead atoms. The van der Waals surface area contributed by atoms with Gasteiger partial charge in [0.15, 0.2) is 0 Å². The van der Waals surface area contributed by atoms with Crippen molar-refractivity contribution in [2.45, 2.75) is 17.8 Å². The van der Waals surface area contributed by atoms with Crippen molar-refractivity contribution in [3.63, 3.8) is 0 Å². The van der Waals surface area contributed by atoms with E-state index in [-0.39, 0.29) is 11.4 Å². The highest BCUT2D eigenvalue weighted by atomic mass is 19.4. The number of hydrogen-bond acceptors (Lipinski definition) is 4. The van der Waals surface area contributed by atoms with Crippen molar-refractivity contribution in [2.75, 3.05) is 0 Å². The summed E-state index contributed by atoms with van der Waals surface area (Å²) in [5.41, 5.74) is 2.58. The Balaban J connectivity index is 1.51. The van der Waals surface area contributed by atoms with E-state index in [2.05, 4.69) is 0 Å². The molecule has 0 spiro atoms. The molecule has 12 heteroatoms. The lowest BCUT2D eigenvalue weighted by Crippen LogP contribution is -2.28. The van der Waals surface area contributed by atoms with Crippen molar-refractivity contribution in [3.05, 3.63) is 187 Å². The topological polar surface area (TPSA) is 86.3 Å². The highest BCUT2D eigenvalue weighted by Gasteiger charge is 2.47. The fourth-order valence-corrected chi connectivity index (χ4v) is 6.84. The summed E-state index contributed by atoms with van der Waals surface area (Å²) in [6.07, 6.45) is -9.08. The molecule has 0 saturated carbocycles. The zero-order chi connectivity index (χ0) is 36.3. The normalized spacial score (nSPS) is 13.4. The first-order valence-electron chi connectivity index (χ1n) is 15.3. The molecule has 6 aromatic rings. The van der Waals surface area contributed by atoms with Crippen LogP contribution < -0.4 is 0 Å². The standard InChI is InChI=1S/C39H22F6N2O4/c40-38(41,42)29-7-1-23(2-8-29)25-5-19-33-34-20-6-26(24-3-9-30(10-4-24)39(43,44)45)22-36(34)37(35(33)21-25,27-11-15-31(16-12-27)46(48)49)28-13-17-32(18-14-28)47(50)51/h1-22H. The number of fused-ring (bicyclic) bond motifs is 3. The van der Waals surface area contributed by atoms with E-state index >= 15 is 0 Å². The van der Waals surface area contributed by atoms with Crippen LogP contribution in [-0.2, 0) is 17.8 Å². The SMILES string of the molecule is O=[N+]([O-])c1ccc(C2(c3ccc([N+](=O)[O-])cc3)c3cc(-c4ccc(C(F)(F)F)cc4)ccc3-c3ccc(-c4ccc(C(F)(F)F)cc4)cc32)cc1. The molecule has 1 aliphatic rings. The van der Waals surface area contributed by atoms with E-state index in [1.165, 1.54) is 48.5 Å². The molecule has 0 heterocycles. The van der Waals surface area contributed by atoms with Gasteiger partial charge in [-0.2, -0.15) is 26.3 Å². The molecule has 0 unspecified atom stereocenters. The monoisotopic (exact) mass is 696 g/mol. The van der Waals surface area contributed by atoms with Gasteiger partial charge in [-0.05, 0) is 92.0 Å². The molecule has 0 aromatic heterocycles. The minimum absolute atomic E-state index is 0.187. The van der Waals surface area contributed by atoms with Crippen LogP contribution in [0.2, 0.25) is 0 Å². The van der Waals surface area contributed by atoms with Gasteiger partial charge in [-0.15, -0.1) is 0 Å². The second-order valence-electron chi connectivity index (χ2n) is 12.0. The van der Waals surface area contributed by atoms with Crippen LogP contribution in [0, 0.1) is 20.2 Å². The van der Waals surface area contributed by atoms with Gasteiger partial charge in [0.2, 0.25) is 0 Å². The lowest BCUT2D eigenvalue weighted by atomic mass is 9.67. The number of hydrogen-bond donors (Lipinski definition) is 0. The van der Waals surface area contributed by atoms with E-state index in [0.29, 0.717) is 44.5 Å². The minimum Gasteiger partial charge on any atom is -0.258 e. The van der Waals surface area contributed by atoms with E-state index in [4.69, 9.17) is 0 Å². The maximum Gasteiger partial charge on any atom is 0.416 e. The highest BCUT2D eigenvalue weighted by Crippen LogP contribution is 2.57. The molecular weight excluding hydrogens is 674 g/mol. The van der Waals surface area contributed by atoms with Gasteiger partial charge in [0.1, 0.15) is 0 Å². The van der Waals surface area contributed by atoms with Crippen LogP contribution >= 0.6 is 0 Å². The Morgan fingerprint density at radius 2 is 0.745 bits per heavy atom. The Hall–Kier alpha value is -6.30. The Labute approximate surface area is 285 Å². The molecule has 6 aromatic carbocycles. The maximum absolute atomic E-state index is 13.4. The Morgan fingerprint density at radius 1 is 0.431 bits per heavy atom. The van der Waals surface area contributed by atoms with E-state index < -0.39 is 38.7 Å². The second-order valence-corrected chi connectivity index (χ2v) is 12.0. The molecule has 0 N–H and O–H groups in total. The molecule has 0 atom stereocenters. The summed E-state index contributed by atoms with van der Waals surface area (Å²) < 4.78 is 80.3. The third-order valence-corrected chi connectivity index (χ3v) is 9.25. The number of nitro benzene ring substituents is 2. The molecule has 1 aliphatic carbocycles. The van der Waals surface area contributed by atoms with Gasteiger partial charge in [-0.25, -0.2) is 0 Å². The smallest absolute Gasteiger partial charge is 0.258 e. The number of nitrogens with zero attached hydrogens (tertiary/aromatic N) is 2. The van der Waals surface area contributed by atoms with Gasteiger partial charge < -0.3 is 0 Å². The average Bonchev–Trinajstić information content (AvgIpc) is 3.40.